The van der Waals surface area contributed by atoms with E-state index in [-0.39, 0.29) is 11.7 Å². The van der Waals surface area contributed by atoms with Crippen molar-refractivity contribution in [3.8, 4) is 0 Å². The average molecular weight is 501 g/mol. The second-order valence-corrected chi connectivity index (χ2v) is 10.2. The molecule has 0 spiro atoms. The Morgan fingerprint density at radius 3 is 2.54 bits per heavy atom. The summed E-state index contributed by atoms with van der Waals surface area (Å²) in [5, 5.41) is 6.68. The number of benzene rings is 2. The number of aromatic nitrogens is 2. The van der Waals surface area contributed by atoms with Crippen LogP contribution in [-0.2, 0) is 4.79 Å². The van der Waals surface area contributed by atoms with Crippen molar-refractivity contribution in [1.82, 2.24) is 19.8 Å². The van der Waals surface area contributed by atoms with Crippen molar-refractivity contribution in [3.63, 3.8) is 0 Å². The van der Waals surface area contributed by atoms with Crippen LogP contribution in [-0.4, -0.2) is 71.0 Å². The van der Waals surface area contributed by atoms with Gasteiger partial charge in [-0.25, -0.2) is 9.37 Å². The molecule has 4 heterocycles. The maximum Gasteiger partial charge on any atom is 0.257 e. The summed E-state index contributed by atoms with van der Waals surface area (Å²) in [6.45, 7) is 7.05. The Kier molecular flexibility index (Phi) is 6.76. The van der Waals surface area contributed by atoms with Crippen molar-refractivity contribution in [3.05, 3.63) is 77.6 Å². The number of halogens is 1. The van der Waals surface area contributed by atoms with Gasteiger partial charge < -0.3 is 25.4 Å². The van der Waals surface area contributed by atoms with Crippen molar-refractivity contribution in [1.29, 1.82) is 0 Å². The molecule has 0 saturated carbocycles. The number of amides is 1. The molecule has 3 aromatic rings. The Labute approximate surface area is 216 Å². The van der Waals surface area contributed by atoms with Crippen LogP contribution in [0.4, 0.5) is 15.8 Å². The van der Waals surface area contributed by atoms with Crippen molar-refractivity contribution >= 4 is 28.4 Å². The Hall–Kier alpha value is -3.49. The predicted molar refractivity (Wildman–Crippen MR) is 145 cm³/mol. The van der Waals surface area contributed by atoms with E-state index in [4.69, 9.17) is 0 Å². The summed E-state index contributed by atoms with van der Waals surface area (Å²) in [4.78, 5) is 25.8. The zero-order valence-electron chi connectivity index (χ0n) is 21.0. The van der Waals surface area contributed by atoms with Crippen molar-refractivity contribution in [2.24, 2.45) is 0 Å². The highest BCUT2D eigenvalue weighted by Crippen LogP contribution is 2.40. The largest absolute Gasteiger partial charge is 0.382 e. The van der Waals surface area contributed by atoms with Crippen LogP contribution < -0.4 is 10.6 Å². The first-order chi connectivity index (χ1) is 18.1. The molecule has 2 aromatic carbocycles. The summed E-state index contributed by atoms with van der Waals surface area (Å²) in [6.07, 6.45) is 8.22. The molecule has 7 nitrogen and oxygen atoms in total. The summed E-state index contributed by atoms with van der Waals surface area (Å²) in [5.74, 6) is -0.0413. The number of H-pyrrole nitrogens is 1. The number of piperidine rings is 1. The predicted octanol–water partition coefficient (Wildman–Crippen LogP) is 4.43. The summed E-state index contributed by atoms with van der Waals surface area (Å²) < 4.78 is 14.2. The third-order valence-electron chi connectivity index (χ3n) is 7.75. The summed E-state index contributed by atoms with van der Waals surface area (Å²) in [5.41, 5.74) is 4.23. The zero-order valence-corrected chi connectivity index (χ0v) is 21.0. The fourth-order valence-corrected chi connectivity index (χ4v) is 5.78. The molecule has 37 heavy (non-hydrogen) atoms. The molecule has 3 N–H and O–H groups in total. The fourth-order valence-electron chi connectivity index (χ4n) is 5.78. The molecule has 0 unspecified atom stereocenters. The standard InChI is InChI=1S/C29H33FN6O/c30-21-5-3-4-20(18-21)26(28-31-10-11-32-28)27-24-19-23(6-7-25(24)34-29(27)37)33-22-8-14-36(15-9-22)17-16-35-12-1-2-13-35/h3-7,10-11,18-19,22,33H,1-2,8-9,12-17H2,(H,31,32)(H,34,37)/b27-26-. The number of carbonyl (C=O) groups is 1. The zero-order chi connectivity index (χ0) is 25.2. The van der Waals surface area contributed by atoms with E-state index in [2.05, 4.69) is 30.4 Å². The highest BCUT2D eigenvalue weighted by atomic mass is 19.1. The number of hydrogen-bond acceptors (Lipinski definition) is 5. The highest BCUT2D eigenvalue weighted by molar-refractivity contribution is 6.38. The van der Waals surface area contributed by atoms with E-state index in [1.165, 1.54) is 44.6 Å². The first-order valence-corrected chi connectivity index (χ1v) is 13.3. The van der Waals surface area contributed by atoms with Crippen LogP contribution in [0.3, 0.4) is 0 Å². The Balaban J connectivity index is 1.21. The smallest absolute Gasteiger partial charge is 0.257 e. The number of hydrogen-bond donors (Lipinski definition) is 3. The number of nitrogens with zero attached hydrogens (tertiary/aromatic N) is 3. The monoisotopic (exact) mass is 500 g/mol. The van der Waals surface area contributed by atoms with E-state index in [1.54, 1.807) is 24.5 Å². The average Bonchev–Trinajstić information content (AvgIpc) is 3.67. The van der Waals surface area contributed by atoms with Gasteiger partial charge in [0.05, 0.1) is 5.57 Å². The number of carbonyl (C=O) groups excluding carboxylic acids is 1. The van der Waals surface area contributed by atoms with Crippen molar-refractivity contribution in [2.75, 3.05) is 49.9 Å². The van der Waals surface area contributed by atoms with Gasteiger partial charge in [0.15, 0.2) is 0 Å². The molecule has 0 radical (unpaired) electrons. The van der Waals surface area contributed by atoms with Crippen LogP contribution in [0.15, 0.2) is 54.9 Å². The molecule has 1 aromatic heterocycles. The molecule has 6 rings (SSSR count). The third-order valence-corrected chi connectivity index (χ3v) is 7.75. The van der Waals surface area contributed by atoms with Crippen LogP contribution in [0.5, 0.6) is 0 Å². The molecule has 0 bridgehead atoms. The minimum absolute atomic E-state index is 0.214. The van der Waals surface area contributed by atoms with E-state index >= 15 is 0 Å². The lowest BCUT2D eigenvalue weighted by Gasteiger charge is -2.33. The quantitative estimate of drug-likeness (QED) is 0.419. The fraction of sp³-hybridized carbons (Fsp3) is 0.379. The van der Waals surface area contributed by atoms with Gasteiger partial charge in [0, 0.05) is 67.1 Å². The van der Waals surface area contributed by atoms with Gasteiger partial charge in [-0.15, -0.1) is 0 Å². The molecular formula is C29H33FN6O. The molecule has 1 amide bonds. The van der Waals surface area contributed by atoms with Gasteiger partial charge in [0.25, 0.3) is 5.91 Å². The maximum absolute atomic E-state index is 14.2. The second-order valence-electron chi connectivity index (χ2n) is 10.2. The minimum atomic E-state index is -0.358. The number of likely N-dealkylation sites (tertiary alicyclic amines) is 2. The van der Waals surface area contributed by atoms with E-state index in [1.807, 2.05) is 18.2 Å². The van der Waals surface area contributed by atoms with Crippen molar-refractivity contribution in [2.45, 2.75) is 31.7 Å². The van der Waals surface area contributed by atoms with Crippen LogP contribution in [0.25, 0.3) is 11.1 Å². The third kappa shape index (κ3) is 5.17. The number of rotatable bonds is 7. The molecule has 192 valence electrons. The van der Waals surface area contributed by atoms with Crippen LogP contribution in [0, 0.1) is 5.82 Å². The Morgan fingerprint density at radius 1 is 1.03 bits per heavy atom. The summed E-state index contributed by atoms with van der Waals surface area (Å²) in [7, 11) is 0. The van der Waals surface area contributed by atoms with Gasteiger partial charge >= 0.3 is 0 Å². The topological polar surface area (TPSA) is 76.3 Å². The molecule has 2 fully saturated rings. The maximum atomic E-state index is 14.2. The first-order valence-electron chi connectivity index (χ1n) is 13.3. The SMILES string of the molecule is O=C1Nc2ccc(NC3CCN(CCN4CCCC4)CC3)cc2/C1=C(\c1cccc(F)c1)c1ncc[nH]1. The molecule has 0 aliphatic carbocycles. The highest BCUT2D eigenvalue weighted by Gasteiger charge is 2.30. The number of imidazole rings is 1. The van der Waals surface area contributed by atoms with Crippen molar-refractivity contribution < 1.29 is 9.18 Å². The molecule has 2 saturated heterocycles. The summed E-state index contributed by atoms with van der Waals surface area (Å²) in [6, 6.07) is 12.7. The minimum Gasteiger partial charge on any atom is -0.382 e. The molecule has 3 aliphatic rings. The molecule has 8 heteroatoms. The Morgan fingerprint density at radius 2 is 1.81 bits per heavy atom. The molecule has 0 atom stereocenters. The molecule has 3 aliphatic heterocycles. The Bertz CT molecular complexity index is 1290. The van der Waals surface area contributed by atoms with Gasteiger partial charge in [-0.3, -0.25) is 4.79 Å². The van der Waals surface area contributed by atoms with Crippen LogP contribution in [0.1, 0.15) is 42.6 Å². The van der Waals surface area contributed by atoms with Crippen LogP contribution in [0.2, 0.25) is 0 Å². The van der Waals surface area contributed by atoms with Gasteiger partial charge in [-0.1, -0.05) is 12.1 Å². The van der Waals surface area contributed by atoms with E-state index in [9.17, 15) is 9.18 Å². The lowest BCUT2D eigenvalue weighted by molar-refractivity contribution is -0.110. The van der Waals surface area contributed by atoms with Gasteiger partial charge in [0.1, 0.15) is 11.6 Å². The van der Waals surface area contributed by atoms with Gasteiger partial charge in [0.2, 0.25) is 0 Å². The van der Waals surface area contributed by atoms with Gasteiger partial charge in [-0.05, 0) is 74.7 Å². The summed E-state index contributed by atoms with van der Waals surface area (Å²) >= 11 is 0. The lowest BCUT2D eigenvalue weighted by atomic mass is 9.94. The first kappa shape index (κ1) is 23.9. The van der Waals surface area contributed by atoms with E-state index in [0.29, 0.717) is 28.6 Å². The number of nitrogens with one attached hydrogen (secondary N) is 3. The van der Waals surface area contributed by atoms with E-state index < -0.39 is 0 Å². The number of anilines is 2. The number of fused-ring (bicyclic) bond motifs is 1. The normalized spacial score (nSPS) is 20.2. The second kappa shape index (κ2) is 10.5. The van der Waals surface area contributed by atoms with Gasteiger partial charge in [-0.2, -0.15) is 0 Å². The molecular weight excluding hydrogens is 467 g/mol. The van der Waals surface area contributed by atoms with Crippen LogP contribution >= 0.6 is 0 Å². The number of aromatic amines is 1. The van der Waals surface area contributed by atoms with E-state index in [0.717, 1.165) is 49.4 Å². The lowest BCUT2D eigenvalue weighted by Crippen LogP contribution is -2.42.